The molecule has 2 aliphatic heterocycles. The van der Waals surface area contributed by atoms with Gasteiger partial charge in [0.05, 0.1) is 49.9 Å². The lowest BCUT2D eigenvalue weighted by molar-refractivity contribution is 0.0665. The number of aromatic nitrogens is 6. The van der Waals surface area contributed by atoms with Gasteiger partial charge in [0.1, 0.15) is 24.9 Å². The Labute approximate surface area is 330 Å². The number of hydrogen-bond donors (Lipinski definition) is 1. The predicted octanol–water partition coefficient (Wildman–Crippen LogP) is 8.71. The van der Waals surface area contributed by atoms with Crippen LogP contribution in [0.5, 0.6) is 11.5 Å². The van der Waals surface area contributed by atoms with Crippen LogP contribution in [0.1, 0.15) is 48.0 Å². The van der Waals surface area contributed by atoms with Gasteiger partial charge in [-0.05, 0) is 102 Å². The quantitative estimate of drug-likeness (QED) is 0.172. The van der Waals surface area contributed by atoms with E-state index < -0.39 is 18.3 Å². The van der Waals surface area contributed by atoms with E-state index in [1.54, 1.807) is 18.2 Å². The fourth-order valence-corrected chi connectivity index (χ4v) is 7.60. The predicted molar refractivity (Wildman–Crippen MR) is 212 cm³/mol. The first-order valence-corrected chi connectivity index (χ1v) is 19.2. The number of benzene rings is 2. The standard InChI is InChI=1S/C23H25F2N3O2.C21H22FN3O2/c1-14-10-18(11-15(2)26-14)22-20-6-8-29-16(3)13-28(20)23(27-22)17-4-5-19(25)21(12-17)30-9-7-24;1-12-8-16(9-13(2)23-12)20-18-6-7-27-14(3)11-25(18)21(24-20)15-4-5-17(22)19(26)10-15/h4-5,10-12,16H,6-9,13H2,1-3H3;4-5,8-10,14,26H,6-7,11H2,1-3H3/t16-;14-/m11/s1. The third-order valence-corrected chi connectivity index (χ3v) is 9.95. The summed E-state index contributed by atoms with van der Waals surface area (Å²) in [4.78, 5) is 18.8. The highest BCUT2D eigenvalue weighted by Crippen LogP contribution is 2.36. The summed E-state index contributed by atoms with van der Waals surface area (Å²) in [6, 6.07) is 17.0. The molecule has 57 heavy (non-hydrogen) atoms. The van der Waals surface area contributed by atoms with Crippen molar-refractivity contribution in [2.45, 2.75) is 79.7 Å². The first-order valence-electron chi connectivity index (χ1n) is 19.2. The number of fused-ring (bicyclic) bond motifs is 2. The summed E-state index contributed by atoms with van der Waals surface area (Å²) in [6.07, 6.45) is 1.53. The lowest BCUT2D eigenvalue weighted by atomic mass is 10.1. The Kier molecular flexibility index (Phi) is 11.8. The molecule has 2 aliphatic rings. The van der Waals surface area contributed by atoms with Crippen LogP contribution in [0.2, 0.25) is 0 Å². The Hall–Kier alpha value is -5.53. The van der Waals surface area contributed by atoms with Gasteiger partial charge in [-0.15, -0.1) is 0 Å². The molecule has 8 rings (SSSR count). The molecular weight excluding hydrogens is 734 g/mol. The monoisotopic (exact) mass is 780 g/mol. The van der Waals surface area contributed by atoms with Crippen molar-refractivity contribution in [1.82, 2.24) is 29.1 Å². The summed E-state index contributed by atoms with van der Waals surface area (Å²) in [5.41, 5.74) is 11.1. The Morgan fingerprint density at radius 2 is 1.11 bits per heavy atom. The summed E-state index contributed by atoms with van der Waals surface area (Å²) in [5, 5.41) is 9.82. The molecule has 2 atom stereocenters. The number of aryl methyl sites for hydroxylation is 4. The van der Waals surface area contributed by atoms with Crippen molar-refractivity contribution in [2.75, 3.05) is 26.5 Å². The fraction of sp³-hybridized carbons (Fsp3) is 0.364. The van der Waals surface area contributed by atoms with Crippen molar-refractivity contribution < 1.29 is 32.5 Å². The number of rotatable bonds is 7. The van der Waals surface area contributed by atoms with Crippen molar-refractivity contribution >= 4 is 0 Å². The second kappa shape index (κ2) is 16.9. The van der Waals surface area contributed by atoms with Gasteiger partial charge < -0.3 is 28.5 Å². The number of phenolic OH excluding ortho intramolecular Hbond substituents is 1. The second-order valence-corrected chi connectivity index (χ2v) is 14.7. The fourth-order valence-electron chi connectivity index (χ4n) is 7.60. The number of imidazole rings is 2. The van der Waals surface area contributed by atoms with Gasteiger partial charge >= 0.3 is 0 Å². The summed E-state index contributed by atoms with van der Waals surface area (Å²) >= 11 is 0. The van der Waals surface area contributed by atoms with Crippen molar-refractivity contribution in [2.24, 2.45) is 0 Å². The molecule has 1 N–H and O–H groups in total. The number of halogens is 3. The van der Waals surface area contributed by atoms with Crippen LogP contribution in [0, 0.1) is 39.3 Å². The molecule has 0 saturated heterocycles. The van der Waals surface area contributed by atoms with E-state index in [1.807, 2.05) is 65.8 Å². The second-order valence-electron chi connectivity index (χ2n) is 14.7. The first-order chi connectivity index (χ1) is 27.4. The zero-order valence-corrected chi connectivity index (χ0v) is 33.1. The number of ether oxygens (including phenoxy) is 3. The van der Waals surface area contributed by atoms with Gasteiger partial charge in [0.15, 0.2) is 23.1 Å². The van der Waals surface area contributed by atoms with Crippen LogP contribution in [0.4, 0.5) is 13.2 Å². The molecule has 0 unspecified atom stereocenters. The number of nitrogens with zero attached hydrogens (tertiary/aromatic N) is 6. The van der Waals surface area contributed by atoms with Gasteiger partial charge in [0.2, 0.25) is 0 Å². The summed E-state index contributed by atoms with van der Waals surface area (Å²) in [7, 11) is 0. The maximum atomic E-state index is 14.1. The molecule has 10 nitrogen and oxygen atoms in total. The zero-order valence-electron chi connectivity index (χ0n) is 33.1. The lowest BCUT2D eigenvalue weighted by Gasteiger charge is -2.13. The van der Waals surface area contributed by atoms with Crippen LogP contribution in [0.3, 0.4) is 0 Å². The third-order valence-electron chi connectivity index (χ3n) is 9.95. The molecule has 0 amide bonds. The van der Waals surface area contributed by atoms with E-state index in [-0.39, 0.29) is 30.3 Å². The molecule has 0 fully saturated rings. The molecule has 4 aromatic heterocycles. The van der Waals surface area contributed by atoms with Crippen molar-refractivity contribution in [3.63, 3.8) is 0 Å². The smallest absolute Gasteiger partial charge is 0.165 e. The van der Waals surface area contributed by atoms with E-state index in [0.717, 1.165) is 75.3 Å². The molecule has 6 heterocycles. The van der Waals surface area contributed by atoms with Crippen LogP contribution in [0.15, 0.2) is 60.7 Å². The van der Waals surface area contributed by atoms with Crippen LogP contribution >= 0.6 is 0 Å². The van der Waals surface area contributed by atoms with E-state index >= 15 is 0 Å². The van der Waals surface area contributed by atoms with Gasteiger partial charge in [-0.1, -0.05) is 0 Å². The average Bonchev–Trinajstić information content (AvgIpc) is 3.53. The van der Waals surface area contributed by atoms with Gasteiger partial charge in [0, 0.05) is 69.3 Å². The number of alkyl halides is 1. The minimum absolute atomic E-state index is 0.0238. The zero-order chi connectivity index (χ0) is 40.4. The number of hydrogen-bond acceptors (Lipinski definition) is 8. The molecule has 0 aliphatic carbocycles. The molecule has 0 radical (unpaired) electrons. The van der Waals surface area contributed by atoms with Crippen LogP contribution in [-0.2, 0) is 35.4 Å². The molecule has 2 aromatic carbocycles. The third kappa shape index (κ3) is 8.74. The maximum Gasteiger partial charge on any atom is 0.165 e. The van der Waals surface area contributed by atoms with E-state index in [1.165, 1.54) is 18.2 Å². The summed E-state index contributed by atoms with van der Waals surface area (Å²) in [6.45, 7) is 13.6. The largest absolute Gasteiger partial charge is 0.505 e. The SMILES string of the molecule is Cc1cc(-c2nc(-c3ccc(F)c(O)c3)n3c2CCO[C@H](C)C3)cc(C)n1.Cc1cc(-c2nc(-c3ccc(F)c(OCCF)c3)n3c2CCO[C@H](C)C3)cc(C)n1. The molecule has 0 spiro atoms. The Bertz CT molecular complexity index is 2370. The normalized spacial score (nSPS) is 16.5. The van der Waals surface area contributed by atoms with E-state index in [9.17, 15) is 18.3 Å². The Balaban J connectivity index is 0.000000175. The number of aromatic hydroxyl groups is 1. The summed E-state index contributed by atoms with van der Waals surface area (Å²) in [5.74, 6) is -0.0855. The van der Waals surface area contributed by atoms with Crippen molar-refractivity contribution in [3.05, 3.63) is 106 Å². The minimum atomic E-state index is -0.678. The van der Waals surface area contributed by atoms with Crippen LogP contribution in [-0.4, -0.2) is 72.9 Å². The van der Waals surface area contributed by atoms with E-state index in [0.29, 0.717) is 43.3 Å². The van der Waals surface area contributed by atoms with Gasteiger partial charge in [-0.25, -0.2) is 23.1 Å². The molecule has 6 aromatic rings. The minimum Gasteiger partial charge on any atom is -0.505 e. The van der Waals surface area contributed by atoms with Crippen molar-refractivity contribution in [1.29, 1.82) is 0 Å². The van der Waals surface area contributed by atoms with Gasteiger partial charge in [0.25, 0.3) is 0 Å². The number of pyridine rings is 2. The maximum absolute atomic E-state index is 14.1. The highest BCUT2D eigenvalue weighted by Gasteiger charge is 2.26. The topological polar surface area (TPSA) is 109 Å². The molecule has 298 valence electrons. The molecule has 0 saturated carbocycles. The van der Waals surface area contributed by atoms with Crippen LogP contribution < -0.4 is 4.74 Å². The molecule has 13 heteroatoms. The number of phenols is 1. The lowest BCUT2D eigenvalue weighted by Crippen LogP contribution is -2.15. The molecular formula is C44H47F3N6O4. The first kappa shape index (κ1) is 39.7. The highest BCUT2D eigenvalue weighted by atomic mass is 19.1. The van der Waals surface area contributed by atoms with Gasteiger partial charge in [-0.3, -0.25) is 9.97 Å². The average molecular weight is 781 g/mol. The van der Waals surface area contributed by atoms with Crippen molar-refractivity contribution in [3.8, 4) is 56.8 Å². The van der Waals surface area contributed by atoms with E-state index in [4.69, 9.17) is 24.2 Å². The van der Waals surface area contributed by atoms with E-state index in [2.05, 4.69) is 19.1 Å². The summed E-state index contributed by atoms with van der Waals surface area (Å²) < 4.78 is 61.4. The Morgan fingerprint density at radius 1 is 0.649 bits per heavy atom. The highest BCUT2D eigenvalue weighted by molar-refractivity contribution is 5.71. The van der Waals surface area contributed by atoms with Crippen LogP contribution in [0.25, 0.3) is 45.3 Å². The Morgan fingerprint density at radius 3 is 1.56 bits per heavy atom. The molecule has 0 bridgehead atoms. The van der Waals surface area contributed by atoms with Gasteiger partial charge in [-0.2, -0.15) is 0 Å².